The van der Waals surface area contributed by atoms with E-state index in [1.54, 1.807) is 6.33 Å². The number of hydrogen-bond acceptors (Lipinski definition) is 5. The molecule has 1 amide bonds. The molecule has 0 saturated carbocycles. The summed E-state index contributed by atoms with van der Waals surface area (Å²) in [5.74, 6) is 0.960. The predicted molar refractivity (Wildman–Crippen MR) is 76.5 cm³/mol. The SMILES string of the molecule is CCCc1cc(NCCC(=O)N2CCOCC2)ncn1. The zero-order valence-electron chi connectivity index (χ0n) is 12.0. The monoisotopic (exact) mass is 278 g/mol. The molecule has 110 valence electrons. The Balaban J connectivity index is 1.74. The molecule has 1 aliphatic heterocycles. The number of morpholine rings is 1. The molecule has 0 radical (unpaired) electrons. The van der Waals surface area contributed by atoms with Crippen LogP contribution in [0.3, 0.4) is 0 Å². The number of ether oxygens (including phenoxy) is 1. The van der Waals surface area contributed by atoms with Gasteiger partial charge in [-0.25, -0.2) is 9.97 Å². The minimum Gasteiger partial charge on any atom is -0.378 e. The van der Waals surface area contributed by atoms with Gasteiger partial charge in [-0.2, -0.15) is 0 Å². The van der Waals surface area contributed by atoms with Crippen LogP contribution in [0.25, 0.3) is 0 Å². The van der Waals surface area contributed by atoms with Crippen molar-refractivity contribution in [2.75, 3.05) is 38.2 Å². The van der Waals surface area contributed by atoms with Crippen LogP contribution in [0.1, 0.15) is 25.5 Å². The topological polar surface area (TPSA) is 67.4 Å². The summed E-state index contributed by atoms with van der Waals surface area (Å²) in [5, 5.41) is 3.18. The van der Waals surface area contributed by atoms with Gasteiger partial charge in [0.2, 0.25) is 5.91 Å². The first-order chi connectivity index (χ1) is 9.79. The number of carbonyl (C=O) groups is 1. The second-order valence-electron chi connectivity index (χ2n) is 4.81. The lowest BCUT2D eigenvalue weighted by Crippen LogP contribution is -2.41. The minimum absolute atomic E-state index is 0.170. The molecular formula is C14H22N4O2. The highest BCUT2D eigenvalue weighted by atomic mass is 16.5. The van der Waals surface area contributed by atoms with Crippen molar-refractivity contribution in [1.29, 1.82) is 0 Å². The van der Waals surface area contributed by atoms with Gasteiger partial charge in [0.15, 0.2) is 0 Å². The van der Waals surface area contributed by atoms with Crippen LogP contribution in [0.5, 0.6) is 0 Å². The van der Waals surface area contributed by atoms with E-state index >= 15 is 0 Å². The maximum atomic E-state index is 12.0. The minimum atomic E-state index is 0.170. The van der Waals surface area contributed by atoms with Gasteiger partial charge < -0.3 is 15.0 Å². The van der Waals surface area contributed by atoms with Crippen molar-refractivity contribution >= 4 is 11.7 Å². The normalized spacial score (nSPS) is 15.2. The van der Waals surface area contributed by atoms with Crippen molar-refractivity contribution in [2.24, 2.45) is 0 Å². The smallest absolute Gasteiger partial charge is 0.224 e. The van der Waals surface area contributed by atoms with Crippen molar-refractivity contribution in [3.63, 3.8) is 0 Å². The summed E-state index contributed by atoms with van der Waals surface area (Å²) in [6.45, 7) is 5.41. The third-order valence-electron chi connectivity index (χ3n) is 3.24. The van der Waals surface area contributed by atoms with Gasteiger partial charge >= 0.3 is 0 Å². The summed E-state index contributed by atoms with van der Waals surface area (Å²) >= 11 is 0. The molecule has 2 rings (SSSR count). The second kappa shape index (κ2) is 7.79. The number of aryl methyl sites for hydroxylation is 1. The van der Waals surface area contributed by atoms with E-state index in [9.17, 15) is 4.79 Å². The van der Waals surface area contributed by atoms with Crippen LogP contribution in [0.2, 0.25) is 0 Å². The number of nitrogens with one attached hydrogen (secondary N) is 1. The molecule has 1 aromatic rings. The molecule has 0 bridgehead atoms. The van der Waals surface area contributed by atoms with Gasteiger partial charge in [0.25, 0.3) is 0 Å². The average molecular weight is 278 g/mol. The van der Waals surface area contributed by atoms with Crippen molar-refractivity contribution in [2.45, 2.75) is 26.2 Å². The first-order valence-corrected chi connectivity index (χ1v) is 7.20. The Kier molecular flexibility index (Phi) is 5.73. The number of carbonyl (C=O) groups excluding carboxylic acids is 1. The molecule has 1 aliphatic rings. The molecular weight excluding hydrogens is 256 g/mol. The molecule has 1 fully saturated rings. The molecule has 6 heteroatoms. The fraction of sp³-hybridized carbons (Fsp3) is 0.643. The standard InChI is InChI=1S/C14H22N4O2/c1-2-3-12-10-13(17-11-16-12)15-5-4-14(19)18-6-8-20-9-7-18/h10-11H,2-9H2,1H3,(H,15,16,17). The van der Waals surface area contributed by atoms with E-state index < -0.39 is 0 Å². The number of rotatable bonds is 6. The first kappa shape index (κ1) is 14.7. The summed E-state index contributed by atoms with van der Waals surface area (Å²) in [5.41, 5.74) is 1.03. The van der Waals surface area contributed by atoms with Crippen LogP contribution < -0.4 is 5.32 Å². The zero-order valence-corrected chi connectivity index (χ0v) is 12.0. The lowest BCUT2D eigenvalue weighted by molar-refractivity contribution is -0.134. The Labute approximate surface area is 119 Å². The van der Waals surface area contributed by atoms with E-state index in [-0.39, 0.29) is 5.91 Å². The van der Waals surface area contributed by atoms with Gasteiger partial charge in [0.05, 0.1) is 13.2 Å². The largest absolute Gasteiger partial charge is 0.378 e. The average Bonchev–Trinajstić information content (AvgIpc) is 2.49. The van der Waals surface area contributed by atoms with Gasteiger partial charge in [-0.3, -0.25) is 4.79 Å². The van der Waals surface area contributed by atoms with E-state index in [0.717, 1.165) is 24.4 Å². The van der Waals surface area contributed by atoms with Gasteiger partial charge in [0.1, 0.15) is 12.1 Å². The third-order valence-corrected chi connectivity index (χ3v) is 3.24. The van der Waals surface area contributed by atoms with E-state index in [1.807, 2.05) is 11.0 Å². The fourth-order valence-corrected chi connectivity index (χ4v) is 2.16. The molecule has 0 aliphatic carbocycles. The van der Waals surface area contributed by atoms with Crippen molar-refractivity contribution in [3.8, 4) is 0 Å². The molecule has 6 nitrogen and oxygen atoms in total. The van der Waals surface area contributed by atoms with Gasteiger partial charge in [-0.1, -0.05) is 13.3 Å². The molecule has 0 unspecified atom stereocenters. The van der Waals surface area contributed by atoms with Crippen LogP contribution >= 0.6 is 0 Å². The molecule has 1 aromatic heterocycles. The second-order valence-corrected chi connectivity index (χ2v) is 4.81. The van der Waals surface area contributed by atoms with Crippen molar-refractivity contribution < 1.29 is 9.53 Å². The Hall–Kier alpha value is -1.69. The number of anilines is 1. The molecule has 1 N–H and O–H groups in total. The highest BCUT2D eigenvalue weighted by molar-refractivity contribution is 5.76. The Morgan fingerprint density at radius 2 is 2.20 bits per heavy atom. The molecule has 0 atom stereocenters. The van der Waals surface area contributed by atoms with Crippen molar-refractivity contribution in [3.05, 3.63) is 18.1 Å². The predicted octanol–water partition coefficient (Wildman–Crippen LogP) is 1.09. The van der Waals surface area contributed by atoms with Crippen LogP contribution in [-0.2, 0) is 16.0 Å². The van der Waals surface area contributed by atoms with Crippen LogP contribution in [0.15, 0.2) is 12.4 Å². The van der Waals surface area contributed by atoms with E-state index in [1.165, 1.54) is 0 Å². The fourth-order valence-electron chi connectivity index (χ4n) is 2.16. The highest BCUT2D eigenvalue weighted by Gasteiger charge is 2.15. The van der Waals surface area contributed by atoms with E-state index in [2.05, 4.69) is 22.2 Å². The number of aromatic nitrogens is 2. The Bertz CT molecular complexity index is 433. The van der Waals surface area contributed by atoms with Gasteiger partial charge in [0, 0.05) is 37.8 Å². The number of amides is 1. The molecule has 0 aromatic carbocycles. The molecule has 2 heterocycles. The quantitative estimate of drug-likeness (QED) is 0.843. The van der Waals surface area contributed by atoms with E-state index in [4.69, 9.17) is 4.74 Å². The molecule has 0 spiro atoms. The number of hydrogen-bond donors (Lipinski definition) is 1. The van der Waals surface area contributed by atoms with Crippen molar-refractivity contribution in [1.82, 2.24) is 14.9 Å². The molecule has 1 saturated heterocycles. The van der Waals surface area contributed by atoms with Crippen LogP contribution in [-0.4, -0.2) is 53.6 Å². The summed E-state index contributed by atoms with van der Waals surface area (Å²) in [6.07, 6.45) is 4.06. The number of nitrogens with zero attached hydrogens (tertiary/aromatic N) is 3. The Morgan fingerprint density at radius 1 is 1.40 bits per heavy atom. The summed E-state index contributed by atoms with van der Waals surface area (Å²) < 4.78 is 5.23. The summed E-state index contributed by atoms with van der Waals surface area (Å²) in [6, 6.07) is 1.95. The molecule has 20 heavy (non-hydrogen) atoms. The zero-order chi connectivity index (χ0) is 14.2. The van der Waals surface area contributed by atoms with E-state index in [0.29, 0.717) is 39.3 Å². The van der Waals surface area contributed by atoms with Crippen LogP contribution in [0.4, 0.5) is 5.82 Å². The maximum absolute atomic E-state index is 12.0. The lowest BCUT2D eigenvalue weighted by Gasteiger charge is -2.26. The maximum Gasteiger partial charge on any atom is 0.224 e. The first-order valence-electron chi connectivity index (χ1n) is 7.20. The summed E-state index contributed by atoms with van der Waals surface area (Å²) in [7, 11) is 0. The van der Waals surface area contributed by atoms with Gasteiger partial charge in [-0.05, 0) is 6.42 Å². The van der Waals surface area contributed by atoms with Crippen LogP contribution in [0, 0.1) is 0 Å². The highest BCUT2D eigenvalue weighted by Crippen LogP contribution is 2.06. The Morgan fingerprint density at radius 3 is 2.95 bits per heavy atom. The van der Waals surface area contributed by atoms with Gasteiger partial charge in [-0.15, -0.1) is 0 Å². The third kappa shape index (κ3) is 4.45. The lowest BCUT2D eigenvalue weighted by atomic mass is 10.2. The summed E-state index contributed by atoms with van der Waals surface area (Å²) in [4.78, 5) is 22.2.